The van der Waals surface area contributed by atoms with Crippen LogP contribution < -0.4 is 0 Å². The number of hydrogen-bond acceptors (Lipinski definition) is 4. The first-order valence-electron chi connectivity index (χ1n) is 16.2. The van der Waals surface area contributed by atoms with Gasteiger partial charge in [0.05, 0.1) is 11.3 Å². The molecular formula is C44H34N2O2. The molecule has 0 amide bonds. The SMILES string of the molecule is CC(C)(C)c1ccc(O)c(C=Nc2ccccc2-c2nc3c(-c4cccc5ccccc45)cc(-c4cccc5ccccc45)cc3o2)c1. The Labute approximate surface area is 279 Å². The number of nitrogens with zero attached hydrogens (tertiary/aromatic N) is 2. The topological polar surface area (TPSA) is 58.6 Å². The van der Waals surface area contributed by atoms with Crippen LogP contribution in [-0.4, -0.2) is 16.3 Å². The zero-order valence-corrected chi connectivity index (χ0v) is 27.1. The van der Waals surface area contributed by atoms with E-state index in [0.717, 1.165) is 44.3 Å². The van der Waals surface area contributed by atoms with E-state index in [1.165, 1.54) is 16.2 Å². The molecule has 0 unspecified atom stereocenters. The van der Waals surface area contributed by atoms with E-state index in [2.05, 4.69) is 118 Å². The van der Waals surface area contributed by atoms with Gasteiger partial charge in [0.1, 0.15) is 11.3 Å². The van der Waals surface area contributed by atoms with E-state index in [1.807, 2.05) is 36.4 Å². The highest BCUT2D eigenvalue weighted by molar-refractivity contribution is 6.07. The predicted molar refractivity (Wildman–Crippen MR) is 199 cm³/mol. The number of rotatable bonds is 5. The van der Waals surface area contributed by atoms with Crippen molar-refractivity contribution in [2.75, 3.05) is 0 Å². The molecule has 8 rings (SSSR count). The Bertz CT molecular complexity index is 2510. The summed E-state index contributed by atoms with van der Waals surface area (Å²) in [5.41, 5.74) is 8.99. The van der Waals surface area contributed by atoms with Gasteiger partial charge in [-0.1, -0.05) is 124 Å². The smallest absolute Gasteiger partial charge is 0.229 e. The predicted octanol–water partition coefficient (Wildman–Crippen LogP) is 11.9. The Morgan fingerprint density at radius 2 is 1.25 bits per heavy atom. The number of aromatic nitrogens is 1. The second kappa shape index (κ2) is 11.7. The van der Waals surface area contributed by atoms with Gasteiger partial charge in [0.25, 0.3) is 0 Å². The average molecular weight is 623 g/mol. The molecule has 8 aromatic rings. The number of phenols is 1. The van der Waals surface area contributed by atoms with Crippen LogP contribution in [-0.2, 0) is 5.41 Å². The van der Waals surface area contributed by atoms with Crippen molar-refractivity contribution < 1.29 is 9.52 Å². The van der Waals surface area contributed by atoms with Crippen LogP contribution in [0.25, 0.3) is 66.4 Å². The van der Waals surface area contributed by atoms with Crippen LogP contribution in [0.1, 0.15) is 31.9 Å². The van der Waals surface area contributed by atoms with E-state index in [0.29, 0.717) is 22.7 Å². The minimum atomic E-state index is -0.0565. The molecule has 1 N–H and O–H groups in total. The third-order valence-electron chi connectivity index (χ3n) is 9.05. The second-order valence-electron chi connectivity index (χ2n) is 13.2. The molecule has 0 spiro atoms. The lowest BCUT2D eigenvalue weighted by molar-refractivity contribution is 0.473. The van der Waals surface area contributed by atoms with E-state index >= 15 is 0 Å². The number of phenolic OH excluding ortho intramolecular Hbond substituents is 1. The maximum absolute atomic E-state index is 10.6. The molecule has 232 valence electrons. The van der Waals surface area contributed by atoms with E-state index in [1.54, 1.807) is 12.3 Å². The van der Waals surface area contributed by atoms with Crippen molar-refractivity contribution in [3.05, 3.63) is 151 Å². The van der Waals surface area contributed by atoms with Crippen LogP contribution in [0.4, 0.5) is 5.69 Å². The molecule has 0 saturated carbocycles. The van der Waals surface area contributed by atoms with Crippen molar-refractivity contribution in [1.82, 2.24) is 4.98 Å². The number of aliphatic imine (C=N–C) groups is 1. The van der Waals surface area contributed by atoms with Crippen LogP contribution >= 0.6 is 0 Å². The molecule has 4 heteroatoms. The molecule has 7 aromatic carbocycles. The molecule has 4 nitrogen and oxygen atoms in total. The summed E-state index contributed by atoms with van der Waals surface area (Å²) in [6.07, 6.45) is 1.71. The van der Waals surface area contributed by atoms with Gasteiger partial charge in [-0.25, -0.2) is 4.98 Å². The fourth-order valence-corrected chi connectivity index (χ4v) is 6.47. The zero-order valence-electron chi connectivity index (χ0n) is 27.1. The summed E-state index contributed by atoms with van der Waals surface area (Å²) < 4.78 is 6.65. The Balaban J connectivity index is 1.32. The maximum Gasteiger partial charge on any atom is 0.229 e. The summed E-state index contributed by atoms with van der Waals surface area (Å²) in [7, 11) is 0. The summed E-state index contributed by atoms with van der Waals surface area (Å²) in [4.78, 5) is 10.00. The van der Waals surface area contributed by atoms with Crippen LogP contribution in [0, 0.1) is 0 Å². The van der Waals surface area contributed by atoms with Gasteiger partial charge in [0, 0.05) is 17.3 Å². The summed E-state index contributed by atoms with van der Waals surface area (Å²) in [5, 5.41) is 15.3. The average Bonchev–Trinajstić information content (AvgIpc) is 3.54. The molecule has 1 aromatic heterocycles. The van der Waals surface area contributed by atoms with Gasteiger partial charge in [-0.15, -0.1) is 0 Å². The van der Waals surface area contributed by atoms with Gasteiger partial charge in [-0.3, -0.25) is 4.99 Å². The first kappa shape index (κ1) is 29.4. The molecule has 1 heterocycles. The zero-order chi connectivity index (χ0) is 32.8. The molecule has 0 saturated heterocycles. The Hall–Kier alpha value is -6.00. The van der Waals surface area contributed by atoms with E-state index < -0.39 is 0 Å². The highest BCUT2D eigenvalue weighted by atomic mass is 16.3. The fourth-order valence-electron chi connectivity index (χ4n) is 6.47. The van der Waals surface area contributed by atoms with Crippen molar-refractivity contribution in [3.63, 3.8) is 0 Å². The highest BCUT2D eigenvalue weighted by Crippen LogP contribution is 2.41. The molecule has 0 aliphatic carbocycles. The lowest BCUT2D eigenvalue weighted by atomic mass is 9.86. The van der Waals surface area contributed by atoms with Crippen LogP contribution in [0.3, 0.4) is 0 Å². The van der Waals surface area contributed by atoms with Crippen molar-refractivity contribution in [2.45, 2.75) is 26.2 Å². The van der Waals surface area contributed by atoms with Crippen molar-refractivity contribution in [1.29, 1.82) is 0 Å². The molecule has 0 radical (unpaired) electrons. The maximum atomic E-state index is 10.6. The van der Waals surface area contributed by atoms with Gasteiger partial charge < -0.3 is 9.52 Å². The van der Waals surface area contributed by atoms with E-state index in [-0.39, 0.29) is 11.2 Å². The Kier molecular flexibility index (Phi) is 7.14. The monoisotopic (exact) mass is 622 g/mol. The van der Waals surface area contributed by atoms with Crippen LogP contribution in [0.5, 0.6) is 5.75 Å². The number of aromatic hydroxyl groups is 1. The van der Waals surface area contributed by atoms with Gasteiger partial charge in [-0.05, 0) is 85.6 Å². The van der Waals surface area contributed by atoms with Gasteiger partial charge in [-0.2, -0.15) is 0 Å². The molecule has 0 aliphatic heterocycles. The van der Waals surface area contributed by atoms with Crippen molar-refractivity contribution in [2.24, 2.45) is 4.99 Å². The first-order chi connectivity index (χ1) is 23.3. The summed E-state index contributed by atoms with van der Waals surface area (Å²) in [6.45, 7) is 6.46. The van der Waals surface area contributed by atoms with Crippen molar-refractivity contribution >= 4 is 44.5 Å². The number of oxazole rings is 1. The van der Waals surface area contributed by atoms with Gasteiger partial charge in [0.2, 0.25) is 5.89 Å². The number of benzene rings is 7. The van der Waals surface area contributed by atoms with Crippen LogP contribution in [0.15, 0.2) is 149 Å². The number of para-hydroxylation sites is 1. The molecular weight excluding hydrogens is 588 g/mol. The minimum Gasteiger partial charge on any atom is -0.507 e. The molecule has 0 bridgehead atoms. The summed E-state index contributed by atoms with van der Waals surface area (Å²) in [5.74, 6) is 0.675. The third-order valence-corrected chi connectivity index (χ3v) is 9.05. The summed E-state index contributed by atoms with van der Waals surface area (Å²) >= 11 is 0. The molecule has 48 heavy (non-hydrogen) atoms. The van der Waals surface area contributed by atoms with E-state index in [4.69, 9.17) is 14.4 Å². The third kappa shape index (κ3) is 5.31. The van der Waals surface area contributed by atoms with Gasteiger partial charge >= 0.3 is 0 Å². The molecule has 0 fully saturated rings. The van der Waals surface area contributed by atoms with Gasteiger partial charge in [0.15, 0.2) is 5.58 Å². The Morgan fingerprint density at radius 3 is 2.00 bits per heavy atom. The quantitative estimate of drug-likeness (QED) is 0.194. The number of hydrogen-bond donors (Lipinski definition) is 1. The first-order valence-corrected chi connectivity index (χ1v) is 16.2. The minimum absolute atomic E-state index is 0.0565. The normalized spacial score (nSPS) is 12.1. The largest absolute Gasteiger partial charge is 0.507 e. The number of fused-ring (bicyclic) bond motifs is 3. The van der Waals surface area contributed by atoms with Crippen molar-refractivity contribution in [3.8, 4) is 39.5 Å². The standard InChI is InChI=1S/C44H34N2O2/c1-44(2,3)32-22-23-40(47)31(24-32)27-45-39-21-9-8-18-37(39)43-46-42-38(36-20-11-15-29-13-5-7-17-34(29)36)25-30(26-41(42)48-43)35-19-10-14-28-12-4-6-16-33(28)35/h4-27,47H,1-3H3. The lowest BCUT2D eigenvalue weighted by Gasteiger charge is -2.19. The highest BCUT2D eigenvalue weighted by Gasteiger charge is 2.20. The summed E-state index contributed by atoms with van der Waals surface area (Å²) in [6, 6.07) is 47.6. The van der Waals surface area contributed by atoms with Crippen LogP contribution in [0.2, 0.25) is 0 Å². The lowest BCUT2D eigenvalue weighted by Crippen LogP contribution is -2.11. The Morgan fingerprint density at radius 1 is 0.625 bits per heavy atom. The molecule has 0 atom stereocenters. The van der Waals surface area contributed by atoms with E-state index in [9.17, 15) is 5.11 Å². The fraction of sp³-hybridized carbons (Fsp3) is 0.0909. The molecule has 0 aliphatic rings. The second-order valence-corrected chi connectivity index (χ2v) is 13.2.